The lowest BCUT2D eigenvalue weighted by Crippen LogP contribution is -2.45. The number of nitrogens with one attached hydrogen (secondary N) is 3. The van der Waals surface area contributed by atoms with Crippen LogP contribution in [0, 0.1) is 10.1 Å². The van der Waals surface area contributed by atoms with E-state index in [0.29, 0.717) is 45.4 Å². The van der Waals surface area contributed by atoms with E-state index in [0.717, 1.165) is 26.2 Å². The van der Waals surface area contributed by atoms with Gasteiger partial charge in [0.25, 0.3) is 5.69 Å². The SMILES string of the molecule is CN1CCN(c2nc(C=Cc3cccc([N+](=O)[O-])c3)nc(Nc3ccc(NC(=O)Nc4ccc(Cl)cc4)cc3)n2)CC1. The van der Waals surface area contributed by atoms with Gasteiger partial charge in [0, 0.05) is 60.4 Å². The van der Waals surface area contributed by atoms with Crippen molar-refractivity contribution in [3.8, 4) is 0 Å². The molecule has 0 atom stereocenters. The summed E-state index contributed by atoms with van der Waals surface area (Å²) in [7, 11) is 2.07. The van der Waals surface area contributed by atoms with Crippen LogP contribution in [0.4, 0.5) is 39.4 Å². The molecule has 12 nitrogen and oxygen atoms in total. The Kier molecular flexibility index (Phi) is 8.85. The third kappa shape index (κ3) is 7.77. The summed E-state index contributed by atoms with van der Waals surface area (Å²) >= 11 is 5.89. The van der Waals surface area contributed by atoms with Crippen molar-refractivity contribution < 1.29 is 9.72 Å². The molecule has 3 aromatic carbocycles. The first-order chi connectivity index (χ1) is 20.3. The van der Waals surface area contributed by atoms with Crippen LogP contribution in [0.2, 0.25) is 5.02 Å². The summed E-state index contributed by atoms with van der Waals surface area (Å²) in [5.41, 5.74) is 2.60. The fourth-order valence-corrected chi connectivity index (χ4v) is 4.29. The van der Waals surface area contributed by atoms with E-state index in [1.165, 1.54) is 12.1 Å². The summed E-state index contributed by atoms with van der Waals surface area (Å²) in [6.45, 7) is 3.31. The van der Waals surface area contributed by atoms with Crippen LogP contribution in [-0.4, -0.2) is 64.0 Å². The number of nitro groups is 1. The van der Waals surface area contributed by atoms with Crippen molar-refractivity contribution in [1.29, 1.82) is 0 Å². The fraction of sp³-hybridized carbons (Fsp3) is 0.172. The van der Waals surface area contributed by atoms with E-state index in [2.05, 4.69) is 47.7 Å². The number of nitrogens with zero attached hydrogens (tertiary/aromatic N) is 6. The lowest BCUT2D eigenvalue weighted by atomic mass is 10.2. The van der Waals surface area contributed by atoms with Gasteiger partial charge in [-0.25, -0.2) is 4.79 Å². The Labute approximate surface area is 247 Å². The molecule has 0 bridgehead atoms. The summed E-state index contributed by atoms with van der Waals surface area (Å²) in [6, 6.07) is 19.9. The van der Waals surface area contributed by atoms with E-state index in [4.69, 9.17) is 11.6 Å². The monoisotopic (exact) mass is 585 g/mol. The number of likely N-dealkylation sites (N-methyl/N-ethyl adjacent to an activating group) is 1. The van der Waals surface area contributed by atoms with Gasteiger partial charge < -0.3 is 25.8 Å². The minimum Gasteiger partial charge on any atom is -0.338 e. The lowest BCUT2D eigenvalue weighted by molar-refractivity contribution is -0.384. The van der Waals surface area contributed by atoms with Gasteiger partial charge in [0.05, 0.1) is 4.92 Å². The quantitative estimate of drug-likeness (QED) is 0.174. The van der Waals surface area contributed by atoms with Crippen LogP contribution in [0.25, 0.3) is 12.2 Å². The molecule has 0 aliphatic carbocycles. The highest BCUT2D eigenvalue weighted by molar-refractivity contribution is 6.30. The molecule has 4 aromatic rings. The number of hydrogen-bond acceptors (Lipinski definition) is 9. The van der Waals surface area contributed by atoms with Gasteiger partial charge in [-0.05, 0) is 67.2 Å². The molecule has 1 fully saturated rings. The summed E-state index contributed by atoms with van der Waals surface area (Å²) < 4.78 is 0. The third-order valence-electron chi connectivity index (χ3n) is 6.43. The van der Waals surface area contributed by atoms with Gasteiger partial charge in [0.15, 0.2) is 5.82 Å². The van der Waals surface area contributed by atoms with Crippen molar-refractivity contribution in [2.24, 2.45) is 0 Å². The van der Waals surface area contributed by atoms with Gasteiger partial charge in [0.1, 0.15) is 0 Å². The Hall–Kier alpha value is -5.07. The Morgan fingerprint density at radius 2 is 1.52 bits per heavy atom. The number of nitro benzene ring substituents is 1. The zero-order chi connectivity index (χ0) is 29.5. The van der Waals surface area contributed by atoms with E-state index < -0.39 is 4.92 Å². The summed E-state index contributed by atoms with van der Waals surface area (Å²) in [5, 5.41) is 20.5. The van der Waals surface area contributed by atoms with Crippen molar-refractivity contribution in [2.75, 3.05) is 54.1 Å². The smallest absolute Gasteiger partial charge is 0.323 e. The van der Waals surface area contributed by atoms with Crippen molar-refractivity contribution in [1.82, 2.24) is 19.9 Å². The molecule has 0 spiro atoms. The molecule has 1 aromatic heterocycles. The number of amides is 2. The lowest BCUT2D eigenvalue weighted by Gasteiger charge is -2.32. The first-order valence-corrected chi connectivity index (χ1v) is 13.5. The van der Waals surface area contributed by atoms with E-state index in [-0.39, 0.29) is 11.7 Å². The van der Waals surface area contributed by atoms with Crippen LogP contribution in [0.1, 0.15) is 11.4 Å². The molecule has 0 unspecified atom stereocenters. The van der Waals surface area contributed by atoms with E-state index in [9.17, 15) is 14.9 Å². The Morgan fingerprint density at radius 1 is 0.881 bits per heavy atom. The molecule has 42 heavy (non-hydrogen) atoms. The number of benzene rings is 3. The molecule has 1 aliphatic heterocycles. The van der Waals surface area contributed by atoms with Gasteiger partial charge in [-0.1, -0.05) is 29.8 Å². The van der Waals surface area contributed by atoms with E-state index in [1.54, 1.807) is 72.8 Å². The Morgan fingerprint density at radius 3 is 2.19 bits per heavy atom. The molecular formula is C29H28ClN9O3. The normalized spacial score (nSPS) is 13.6. The van der Waals surface area contributed by atoms with Gasteiger partial charge >= 0.3 is 6.03 Å². The molecule has 214 valence electrons. The van der Waals surface area contributed by atoms with Gasteiger partial charge in [-0.3, -0.25) is 10.1 Å². The minimum absolute atomic E-state index is 0.00803. The second-order valence-electron chi connectivity index (χ2n) is 9.58. The predicted molar refractivity (Wildman–Crippen MR) is 165 cm³/mol. The van der Waals surface area contributed by atoms with Gasteiger partial charge in [-0.2, -0.15) is 15.0 Å². The molecule has 2 amide bonds. The zero-order valence-corrected chi connectivity index (χ0v) is 23.5. The second-order valence-corrected chi connectivity index (χ2v) is 10.0. The summed E-state index contributed by atoms with van der Waals surface area (Å²) in [6.07, 6.45) is 3.44. The first kappa shape index (κ1) is 28.5. The van der Waals surface area contributed by atoms with Crippen molar-refractivity contribution in [2.45, 2.75) is 0 Å². The maximum Gasteiger partial charge on any atom is 0.323 e. The number of hydrogen-bond donors (Lipinski definition) is 3. The van der Waals surface area contributed by atoms with Gasteiger partial charge in [0.2, 0.25) is 11.9 Å². The molecule has 1 saturated heterocycles. The standard InChI is InChI=1S/C29H28ClN9O3/c1-37-15-17-38(18-16-37)28-35-26(14-5-20-3-2-4-25(19-20)39(41)42)34-27(36-28)31-22-10-12-24(13-11-22)33-29(40)32-23-8-6-21(30)7-9-23/h2-14,19H,15-18H2,1H3,(H2,32,33,40)(H,31,34,35,36). The average Bonchev–Trinajstić information content (AvgIpc) is 2.99. The maximum atomic E-state index is 12.4. The highest BCUT2D eigenvalue weighted by Gasteiger charge is 2.18. The van der Waals surface area contributed by atoms with Crippen LogP contribution in [-0.2, 0) is 0 Å². The van der Waals surface area contributed by atoms with Crippen molar-refractivity contribution in [3.05, 3.63) is 99.3 Å². The van der Waals surface area contributed by atoms with Crippen LogP contribution in [0.3, 0.4) is 0 Å². The molecule has 5 rings (SSSR count). The number of anilines is 5. The average molecular weight is 586 g/mol. The molecule has 13 heteroatoms. The Balaban J connectivity index is 1.31. The minimum atomic E-state index is -0.430. The van der Waals surface area contributed by atoms with E-state index in [1.807, 2.05) is 0 Å². The topological polar surface area (TPSA) is 141 Å². The molecule has 0 saturated carbocycles. The number of halogens is 1. The maximum absolute atomic E-state index is 12.4. The second kappa shape index (κ2) is 13.1. The number of piperazine rings is 1. The molecular weight excluding hydrogens is 558 g/mol. The fourth-order valence-electron chi connectivity index (χ4n) is 4.16. The van der Waals surface area contributed by atoms with Crippen molar-refractivity contribution in [3.63, 3.8) is 0 Å². The summed E-state index contributed by atoms with van der Waals surface area (Å²) in [4.78, 5) is 41.3. The highest BCUT2D eigenvalue weighted by Crippen LogP contribution is 2.21. The zero-order valence-electron chi connectivity index (χ0n) is 22.7. The van der Waals surface area contributed by atoms with Crippen molar-refractivity contribution >= 4 is 64.4 Å². The number of aromatic nitrogens is 3. The van der Waals surface area contributed by atoms with E-state index >= 15 is 0 Å². The molecule has 2 heterocycles. The predicted octanol–water partition coefficient (Wildman–Crippen LogP) is 5.74. The van der Waals surface area contributed by atoms with Crippen LogP contribution in [0.15, 0.2) is 72.8 Å². The number of carbonyl (C=O) groups is 1. The number of rotatable bonds is 8. The van der Waals surface area contributed by atoms with Gasteiger partial charge in [-0.15, -0.1) is 0 Å². The largest absolute Gasteiger partial charge is 0.338 e. The summed E-state index contributed by atoms with van der Waals surface area (Å²) in [5.74, 6) is 1.29. The number of carbonyl (C=O) groups excluding carboxylic acids is 1. The Bertz CT molecular complexity index is 1590. The highest BCUT2D eigenvalue weighted by atomic mass is 35.5. The molecule has 0 radical (unpaired) electrons. The van der Waals surface area contributed by atoms with Crippen LogP contribution in [0.5, 0.6) is 0 Å². The first-order valence-electron chi connectivity index (χ1n) is 13.1. The number of urea groups is 1. The number of non-ortho nitro benzene ring substituents is 1. The van der Waals surface area contributed by atoms with Crippen LogP contribution >= 0.6 is 11.6 Å². The third-order valence-corrected chi connectivity index (χ3v) is 6.69. The molecule has 1 aliphatic rings. The molecule has 3 N–H and O–H groups in total. The van der Waals surface area contributed by atoms with Crippen LogP contribution < -0.4 is 20.9 Å².